The summed E-state index contributed by atoms with van der Waals surface area (Å²) in [6, 6.07) is 3.15. The smallest absolute Gasteiger partial charge is 0.351 e. The van der Waals surface area contributed by atoms with E-state index < -0.39 is 36.3 Å². The van der Waals surface area contributed by atoms with Gasteiger partial charge in [-0.05, 0) is 13.0 Å². The van der Waals surface area contributed by atoms with E-state index in [1.54, 1.807) is 13.0 Å². The topological polar surface area (TPSA) is 129 Å². The SMILES string of the molecule is Cc1ccn([C@]2(C#N)O[C@H](CO)[C@@H](O)[C@H]2O)c(=O)n1. The Balaban J connectivity index is 2.56. The van der Waals surface area contributed by atoms with Crippen LogP contribution in [0.4, 0.5) is 0 Å². The second-order valence-corrected chi connectivity index (χ2v) is 4.30. The van der Waals surface area contributed by atoms with E-state index in [2.05, 4.69) is 4.98 Å². The Hall–Kier alpha value is -1.79. The predicted octanol–water partition coefficient (Wildman–Crippen LogP) is -2.16. The van der Waals surface area contributed by atoms with E-state index in [0.717, 1.165) is 4.57 Å². The van der Waals surface area contributed by atoms with Crippen LogP contribution in [0.15, 0.2) is 17.1 Å². The number of aryl methyl sites for hydroxylation is 1. The van der Waals surface area contributed by atoms with Crippen LogP contribution < -0.4 is 5.69 Å². The summed E-state index contributed by atoms with van der Waals surface area (Å²) < 4.78 is 6.00. The molecular formula is C11H13N3O5. The summed E-state index contributed by atoms with van der Waals surface area (Å²) in [6.07, 6.45) is -3.04. The van der Waals surface area contributed by atoms with Crippen LogP contribution in [0.3, 0.4) is 0 Å². The molecule has 8 nitrogen and oxygen atoms in total. The van der Waals surface area contributed by atoms with Gasteiger partial charge in [0.25, 0.3) is 5.72 Å². The first kappa shape index (κ1) is 13.6. The molecule has 0 saturated carbocycles. The van der Waals surface area contributed by atoms with Gasteiger partial charge in [0.05, 0.1) is 6.61 Å². The standard InChI is InChI=1S/C11H13N3O5/c1-6-2-3-14(10(18)13-6)11(5-12)9(17)8(16)7(4-15)19-11/h2-3,7-9,15-17H,4H2,1H3/t7-,8-,9-,11-/m1/s1. The van der Waals surface area contributed by atoms with Crippen molar-refractivity contribution in [1.29, 1.82) is 5.26 Å². The Labute approximate surface area is 108 Å². The van der Waals surface area contributed by atoms with Gasteiger partial charge in [-0.2, -0.15) is 10.2 Å². The minimum absolute atomic E-state index is 0.445. The molecule has 1 aliphatic rings. The lowest BCUT2D eigenvalue weighted by molar-refractivity contribution is -0.109. The van der Waals surface area contributed by atoms with Crippen LogP contribution >= 0.6 is 0 Å². The first-order valence-corrected chi connectivity index (χ1v) is 5.59. The lowest BCUT2D eigenvalue weighted by Gasteiger charge is -2.26. The van der Waals surface area contributed by atoms with E-state index in [9.17, 15) is 20.3 Å². The zero-order valence-corrected chi connectivity index (χ0v) is 10.1. The van der Waals surface area contributed by atoms with E-state index >= 15 is 0 Å². The minimum atomic E-state index is -2.09. The fraction of sp³-hybridized carbons (Fsp3) is 0.545. The molecule has 0 bridgehead atoms. The van der Waals surface area contributed by atoms with Gasteiger partial charge in [-0.25, -0.2) is 4.79 Å². The number of hydrogen-bond acceptors (Lipinski definition) is 7. The fourth-order valence-electron chi connectivity index (χ4n) is 2.04. The first-order valence-electron chi connectivity index (χ1n) is 5.59. The highest BCUT2D eigenvalue weighted by atomic mass is 16.6. The van der Waals surface area contributed by atoms with Gasteiger partial charge in [0, 0.05) is 11.9 Å². The highest BCUT2D eigenvalue weighted by molar-refractivity contribution is 5.13. The summed E-state index contributed by atoms with van der Waals surface area (Å²) >= 11 is 0. The molecule has 19 heavy (non-hydrogen) atoms. The van der Waals surface area contributed by atoms with Gasteiger partial charge < -0.3 is 20.1 Å². The average molecular weight is 267 g/mol. The van der Waals surface area contributed by atoms with Crippen molar-refractivity contribution in [3.05, 3.63) is 28.4 Å². The molecule has 0 aliphatic carbocycles. The van der Waals surface area contributed by atoms with Crippen LogP contribution in [-0.2, 0) is 10.5 Å². The molecule has 0 radical (unpaired) electrons. The van der Waals surface area contributed by atoms with Crippen LogP contribution in [-0.4, -0.2) is 49.8 Å². The van der Waals surface area contributed by atoms with Crippen LogP contribution in [0.2, 0.25) is 0 Å². The molecule has 1 saturated heterocycles. The number of aromatic nitrogens is 2. The second-order valence-electron chi connectivity index (χ2n) is 4.30. The van der Waals surface area contributed by atoms with Crippen LogP contribution in [0.5, 0.6) is 0 Å². The fourth-order valence-corrected chi connectivity index (χ4v) is 2.04. The summed E-state index contributed by atoms with van der Waals surface area (Å²) in [7, 11) is 0. The van der Waals surface area contributed by atoms with Crippen molar-refractivity contribution in [2.45, 2.75) is 31.0 Å². The molecule has 4 atom stereocenters. The third kappa shape index (κ3) is 1.93. The van der Waals surface area contributed by atoms with Crippen LogP contribution in [0, 0.1) is 18.3 Å². The number of rotatable bonds is 2. The zero-order chi connectivity index (χ0) is 14.2. The lowest BCUT2D eigenvalue weighted by Crippen LogP contribution is -2.49. The summed E-state index contributed by atoms with van der Waals surface area (Å²) in [6.45, 7) is 1.01. The Morgan fingerprint density at radius 3 is 2.79 bits per heavy atom. The number of aliphatic hydroxyl groups is 3. The second kappa shape index (κ2) is 4.71. The molecule has 1 aromatic heterocycles. The molecule has 102 valence electrons. The van der Waals surface area contributed by atoms with E-state index in [-0.39, 0.29) is 0 Å². The zero-order valence-electron chi connectivity index (χ0n) is 10.1. The van der Waals surface area contributed by atoms with Crippen molar-refractivity contribution in [2.75, 3.05) is 6.61 Å². The molecule has 0 spiro atoms. The molecule has 2 heterocycles. The van der Waals surface area contributed by atoms with Crippen molar-refractivity contribution in [2.24, 2.45) is 0 Å². The molecular weight excluding hydrogens is 254 g/mol. The lowest BCUT2D eigenvalue weighted by atomic mass is 10.0. The average Bonchev–Trinajstić information content (AvgIpc) is 2.64. The van der Waals surface area contributed by atoms with Gasteiger partial charge in [-0.3, -0.25) is 4.57 Å². The molecule has 1 fully saturated rings. The van der Waals surface area contributed by atoms with Gasteiger partial charge in [-0.15, -0.1) is 0 Å². The van der Waals surface area contributed by atoms with Crippen LogP contribution in [0.25, 0.3) is 0 Å². The Kier molecular flexibility index (Phi) is 3.38. The highest BCUT2D eigenvalue weighted by Gasteiger charge is 2.56. The maximum absolute atomic E-state index is 11.8. The Morgan fingerprint density at radius 1 is 1.63 bits per heavy atom. The Bertz CT molecular complexity index is 580. The van der Waals surface area contributed by atoms with E-state index in [0.29, 0.717) is 5.69 Å². The Morgan fingerprint density at radius 2 is 2.32 bits per heavy atom. The molecule has 3 N–H and O–H groups in total. The minimum Gasteiger partial charge on any atom is -0.394 e. The molecule has 2 rings (SSSR count). The summed E-state index contributed by atoms with van der Waals surface area (Å²) in [4.78, 5) is 15.4. The maximum Gasteiger partial charge on any atom is 0.351 e. The maximum atomic E-state index is 11.8. The van der Waals surface area contributed by atoms with Crippen molar-refractivity contribution >= 4 is 0 Å². The van der Waals surface area contributed by atoms with Gasteiger partial charge in [-0.1, -0.05) is 0 Å². The van der Waals surface area contributed by atoms with Gasteiger partial charge in [0.1, 0.15) is 24.4 Å². The number of hydrogen-bond donors (Lipinski definition) is 3. The van der Waals surface area contributed by atoms with E-state index in [1.807, 2.05) is 0 Å². The number of nitriles is 1. The van der Waals surface area contributed by atoms with Crippen molar-refractivity contribution in [3.63, 3.8) is 0 Å². The molecule has 0 amide bonds. The predicted molar refractivity (Wildman–Crippen MR) is 60.8 cm³/mol. The summed E-state index contributed by atoms with van der Waals surface area (Å²) in [5.41, 5.74) is -2.43. The number of aliphatic hydroxyl groups excluding tert-OH is 3. The quantitative estimate of drug-likeness (QED) is 0.556. The normalized spacial score (nSPS) is 34.2. The van der Waals surface area contributed by atoms with Crippen LogP contribution in [0.1, 0.15) is 5.69 Å². The van der Waals surface area contributed by atoms with Gasteiger partial charge >= 0.3 is 5.69 Å². The first-order chi connectivity index (χ1) is 8.96. The monoisotopic (exact) mass is 267 g/mol. The molecule has 1 aromatic rings. The highest BCUT2D eigenvalue weighted by Crippen LogP contribution is 2.34. The molecule has 1 aliphatic heterocycles. The summed E-state index contributed by atoms with van der Waals surface area (Å²) in [5, 5.41) is 38.0. The van der Waals surface area contributed by atoms with Crippen molar-refractivity contribution in [3.8, 4) is 6.07 Å². The number of nitrogens with zero attached hydrogens (tertiary/aromatic N) is 3. The molecule has 8 heteroatoms. The third-order valence-electron chi connectivity index (χ3n) is 3.08. The van der Waals surface area contributed by atoms with E-state index in [1.165, 1.54) is 12.3 Å². The van der Waals surface area contributed by atoms with Gasteiger partial charge in [0.15, 0.2) is 0 Å². The largest absolute Gasteiger partial charge is 0.394 e. The number of ether oxygens (including phenoxy) is 1. The van der Waals surface area contributed by atoms with Gasteiger partial charge in [0.2, 0.25) is 0 Å². The summed E-state index contributed by atoms with van der Waals surface area (Å²) in [5.74, 6) is 0. The van der Waals surface area contributed by atoms with Crippen molar-refractivity contribution in [1.82, 2.24) is 9.55 Å². The molecule has 0 aromatic carbocycles. The van der Waals surface area contributed by atoms with Crippen molar-refractivity contribution < 1.29 is 20.1 Å². The third-order valence-corrected chi connectivity index (χ3v) is 3.08. The van der Waals surface area contributed by atoms with E-state index in [4.69, 9.17) is 9.84 Å². The molecule has 0 unspecified atom stereocenters.